The molecule has 0 spiro atoms. The van der Waals surface area contributed by atoms with Crippen LogP contribution in [0.3, 0.4) is 0 Å². The van der Waals surface area contributed by atoms with Crippen molar-refractivity contribution in [3.63, 3.8) is 0 Å². The van der Waals surface area contributed by atoms with Crippen LogP contribution >= 0.6 is 11.3 Å². The van der Waals surface area contributed by atoms with E-state index in [1.54, 1.807) is 23.5 Å². The number of rotatable bonds is 6. The van der Waals surface area contributed by atoms with Crippen LogP contribution in [0.2, 0.25) is 0 Å². The van der Waals surface area contributed by atoms with Crippen molar-refractivity contribution in [2.75, 3.05) is 13.1 Å². The maximum Gasteiger partial charge on any atom is 0.191 e. The number of nitrogens with zero attached hydrogens (tertiary/aromatic N) is 2. The SMILES string of the molecule is CCNC(=NCc1ccc(O)cc1)NCCc1csc(C)n1. The fourth-order valence-electron chi connectivity index (χ4n) is 1.95. The molecule has 3 N–H and O–H groups in total. The quantitative estimate of drug-likeness (QED) is 0.565. The second kappa shape index (κ2) is 8.38. The molecule has 118 valence electrons. The Balaban J connectivity index is 1.85. The van der Waals surface area contributed by atoms with Gasteiger partial charge in [0.15, 0.2) is 5.96 Å². The molecule has 0 saturated heterocycles. The molecule has 22 heavy (non-hydrogen) atoms. The van der Waals surface area contributed by atoms with Crippen LogP contribution in [0.5, 0.6) is 5.75 Å². The molecule has 2 rings (SSSR count). The lowest BCUT2D eigenvalue weighted by Crippen LogP contribution is -2.38. The first-order chi connectivity index (χ1) is 10.7. The summed E-state index contributed by atoms with van der Waals surface area (Å²) in [5.41, 5.74) is 2.18. The Bertz CT molecular complexity index is 607. The van der Waals surface area contributed by atoms with Gasteiger partial charge in [0, 0.05) is 24.9 Å². The van der Waals surface area contributed by atoms with Crippen LogP contribution in [0.1, 0.15) is 23.2 Å². The molecule has 6 heteroatoms. The Hall–Kier alpha value is -2.08. The molecule has 0 aliphatic rings. The summed E-state index contributed by atoms with van der Waals surface area (Å²) in [5.74, 6) is 1.07. The number of aromatic nitrogens is 1. The summed E-state index contributed by atoms with van der Waals surface area (Å²) in [5, 5.41) is 19.0. The number of phenols is 1. The van der Waals surface area contributed by atoms with Crippen LogP contribution in [0.25, 0.3) is 0 Å². The van der Waals surface area contributed by atoms with Gasteiger partial charge >= 0.3 is 0 Å². The van der Waals surface area contributed by atoms with Crippen LogP contribution < -0.4 is 10.6 Å². The third-order valence-corrected chi connectivity index (χ3v) is 3.86. The van der Waals surface area contributed by atoms with Gasteiger partial charge in [0.25, 0.3) is 0 Å². The van der Waals surface area contributed by atoms with Gasteiger partial charge in [-0.05, 0) is 31.5 Å². The summed E-state index contributed by atoms with van der Waals surface area (Å²) < 4.78 is 0. The summed E-state index contributed by atoms with van der Waals surface area (Å²) in [7, 11) is 0. The minimum Gasteiger partial charge on any atom is -0.508 e. The topological polar surface area (TPSA) is 69.5 Å². The number of guanidine groups is 1. The fourth-order valence-corrected chi connectivity index (χ4v) is 2.59. The minimum atomic E-state index is 0.274. The van der Waals surface area contributed by atoms with Gasteiger partial charge in [-0.15, -0.1) is 11.3 Å². The Morgan fingerprint density at radius 2 is 2.05 bits per heavy atom. The molecule has 5 nitrogen and oxygen atoms in total. The summed E-state index contributed by atoms with van der Waals surface area (Å²) in [6.07, 6.45) is 0.883. The number of phenolic OH excluding ortho intramolecular Hbond substituents is 1. The molecule has 0 bridgehead atoms. The molecule has 1 aromatic heterocycles. The summed E-state index contributed by atoms with van der Waals surface area (Å²) in [6.45, 7) is 6.25. The number of benzene rings is 1. The molecule has 0 atom stereocenters. The summed E-state index contributed by atoms with van der Waals surface area (Å²) >= 11 is 1.68. The van der Waals surface area contributed by atoms with Crippen molar-refractivity contribution in [2.45, 2.75) is 26.8 Å². The van der Waals surface area contributed by atoms with Crippen LogP contribution in [-0.4, -0.2) is 29.1 Å². The number of aliphatic imine (C=N–C) groups is 1. The van der Waals surface area contributed by atoms with E-state index in [4.69, 9.17) is 0 Å². The van der Waals surface area contributed by atoms with Gasteiger partial charge in [-0.3, -0.25) is 0 Å². The monoisotopic (exact) mass is 318 g/mol. The predicted octanol–water partition coefficient (Wildman–Crippen LogP) is 2.45. The van der Waals surface area contributed by atoms with Crippen molar-refractivity contribution >= 4 is 17.3 Å². The zero-order valence-electron chi connectivity index (χ0n) is 13.0. The first kappa shape index (κ1) is 16.3. The highest BCUT2D eigenvalue weighted by Crippen LogP contribution is 2.10. The van der Waals surface area contributed by atoms with E-state index in [-0.39, 0.29) is 5.75 Å². The maximum atomic E-state index is 9.28. The van der Waals surface area contributed by atoms with Gasteiger partial charge in [-0.1, -0.05) is 12.1 Å². The third kappa shape index (κ3) is 5.37. The van der Waals surface area contributed by atoms with Crippen LogP contribution in [0.4, 0.5) is 0 Å². The lowest BCUT2D eigenvalue weighted by molar-refractivity contribution is 0.475. The second-order valence-corrected chi connectivity index (χ2v) is 5.96. The highest BCUT2D eigenvalue weighted by Gasteiger charge is 2.01. The number of thiazole rings is 1. The molecule has 0 fully saturated rings. The van der Waals surface area contributed by atoms with Gasteiger partial charge in [-0.25, -0.2) is 9.98 Å². The average Bonchev–Trinajstić information content (AvgIpc) is 2.92. The maximum absolute atomic E-state index is 9.28. The number of hydrogen-bond acceptors (Lipinski definition) is 4. The number of nitrogens with one attached hydrogen (secondary N) is 2. The second-order valence-electron chi connectivity index (χ2n) is 4.90. The molecular weight excluding hydrogens is 296 g/mol. The molecule has 1 aromatic carbocycles. The zero-order valence-corrected chi connectivity index (χ0v) is 13.8. The number of aryl methyl sites for hydroxylation is 1. The van der Waals surface area contributed by atoms with Gasteiger partial charge in [0.05, 0.1) is 17.2 Å². The van der Waals surface area contributed by atoms with Crippen molar-refractivity contribution in [1.82, 2.24) is 15.6 Å². The molecule has 0 unspecified atom stereocenters. The van der Waals surface area contributed by atoms with Crippen molar-refractivity contribution < 1.29 is 5.11 Å². The molecule has 0 aliphatic heterocycles. The third-order valence-electron chi connectivity index (χ3n) is 3.04. The number of hydrogen-bond donors (Lipinski definition) is 3. The van der Waals surface area contributed by atoms with E-state index in [0.29, 0.717) is 6.54 Å². The first-order valence-electron chi connectivity index (χ1n) is 7.38. The van der Waals surface area contributed by atoms with Crippen molar-refractivity contribution in [3.8, 4) is 5.75 Å². The molecule has 0 saturated carbocycles. The molecular formula is C16H22N4OS. The zero-order chi connectivity index (χ0) is 15.8. The van der Waals surface area contributed by atoms with E-state index in [2.05, 4.69) is 26.0 Å². The smallest absolute Gasteiger partial charge is 0.191 e. The Morgan fingerprint density at radius 1 is 1.27 bits per heavy atom. The van der Waals surface area contributed by atoms with Gasteiger partial charge in [0.2, 0.25) is 0 Å². The van der Waals surface area contributed by atoms with E-state index in [0.717, 1.165) is 41.7 Å². The van der Waals surface area contributed by atoms with Crippen LogP contribution in [0.15, 0.2) is 34.6 Å². The fraction of sp³-hybridized carbons (Fsp3) is 0.375. The molecule has 2 aromatic rings. The molecule has 0 amide bonds. The van der Waals surface area contributed by atoms with E-state index < -0.39 is 0 Å². The van der Waals surface area contributed by atoms with E-state index >= 15 is 0 Å². The standard InChI is InChI=1S/C16H22N4OS/c1-3-17-16(18-9-8-14-11-22-12(2)20-14)19-10-13-4-6-15(21)7-5-13/h4-7,11,21H,3,8-10H2,1-2H3,(H2,17,18,19). The normalized spacial score (nSPS) is 11.5. The predicted molar refractivity (Wildman–Crippen MR) is 91.5 cm³/mol. The van der Waals surface area contributed by atoms with Crippen LogP contribution in [0, 0.1) is 6.92 Å². The highest BCUT2D eigenvalue weighted by atomic mass is 32.1. The van der Waals surface area contributed by atoms with Gasteiger partial charge in [0.1, 0.15) is 5.75 Å². The largest absolute Gasteiger partial charge is 0.508 e. The number of aromatic hydroxyl groups is 1. The Kier molecular flexibility index (Phi) is 6.21. The molecule has 1 heterocycles. The average molecular weight is 318 g/mol. The lowest BCUT2D eigenvalue weighted by Gasteiger charge is -2.10. The summed E-state index contributed by atoms with van der Waals surface area (Å²) in [4.78, 5) is 8.99. The Labute approximate surface area is 135 Å². The van der Waals surface area contributed by atoms with E-state index in [1.807, 2.05) is 26.0 Å². The minimum absolute atomic E-state index is 0.274. The summed E-state index contributed by atoms with van der Waals surface area (Å²) in [6, 6.07) is 7.10. The van der Waals surface area contributed by atoms with Crippen LogP contribution in [-0.2, 0) is 13.0 Å². The van der Waals surface area contributed by atoms with E-state index in [9.17, 15) is 5.11 Å². The first-order valence-corrected chi connectivity index (χ1v) is 8.26. The van der Waals surface area contributed by atoms with Gasteiger partial charge < -0.3 is 15.7 Å². The lowest BCUT2D eigenvalue weighted by atomic mass is 10.2. The van der Waals surface area contributed by atoms with Crippen molar-refractivity contribution in [3.05, 3.63) is 45.9 Å². The van der Waals surface area contributed by atoms with Gasteiger partial charge in [-0.2, -0.15) is 0 Å². The highest BCUT2D eigenvalue weighted by molar-refractivity contribution is 7.09. The molecule has 0 aliphatic carbocycles. The Morgan fingerprint density at radius 3 is 2.68 bits per heavy atom. The molecule has 0 radical (unpaired) electrons. The van der Waals surface area contributed by atoms with Crippen molar-refractivity contribution in [2.24, 2.45) is 4.99 Å². The van der Waals surface area contributed by atoms with Crippen molar-refractivity contribution in [1.29, 1.82) is 0 Å². The van der Waals surface area contributed by atoms with E-state index in [1.165, 1.54) is 0 Å².